The number of nitrogens with one attached hydrogen (secondary N) is 2. The van der Waals surface area contributed by atoms with Gasteiger partial charge in [0.2, 0.25) is 0 Å². The number of halogens is 6. The van der Waals surface area contributed by atoms with Crippen LogP contribution in [0.2, 0.25) is 0 Å². The maximum absolute atomic E-state index is 15.2. The zero-order valence-corrected chi connectivity index (χ0v) is 24.5. The maximum atomic E-state index is 15.2. The van der Waals surface area contributed by atoms with Crippen molar-refractivity contribution in [2.75, 3.05) is 8.55 Å². The molecule has 0 aliphatic carbocycles. The minimum absolute atomic E-state index is 0.543. The second-order valence-corrected chi connectivity index (χ2v) is 16.3. The topological polar surface area (TPSA) is 24.1 Å². The van der Waals surface area contributed by atoms with E-state index in [2.05, 4.69) is 8.55 Å². The second kappa shape index (κ2) is 10.6. The van der Waals surface area contributed by atoms with Gasteiger partial charge in [-0.2, -0.15) is 0 Å². The van der Waals surface area contributed by atoms with Crippen molar-refractivity contribution in [2.24, 2.45) is 0 Å². The van der Waals surface area contributed by atoms with E-state index in [1.165, 1.54) is 0 Å². The van der Waals surface area contributed by atoms with Crippen LogP contribution in [0.15, 0.2) is 48.5 Å². The Morgan fingerprint density at radius 1 is 0.436 bits per heavy atom. The summed E-state index contributed by atoms with van der Waals surface area (Å²) in [6, 6.07) is 9.67. The molecular formula is C30H28F6GeN2. The predicted octanol–water partition coefficient (Wildman–Crippen LogP) is 7.15. The number of rotatable bonds is 6. The van der Waals surface area contributed by atoms with E-state index < -0.39 is 60.0 Å². The van der Waals surface area contributed by atoms with Crippen molar-refractivity contribution in [2.45, 2.75) is 41.5 Å². The van der Waals surface area contributed by atoms with Gasteiger partial charge in [0, 0.05) is 0 Å². The van der Waals surface area contributed by atoms with Crippen LogP contribution >= 0.6 is 0 Å². The summed E-state index contributed by atoms with van der Waals surface area (Å²) in [6.07, 6.45) is 0. The molecule has 39 heavy (non-hydrogen) atoms. The number of hydrogen-bond donors (Lipinski definition) is 2. The quantitative estimate of drug-likeness (QED) is 0.181. The normalized spacial score (nSPS) is 11.6. The van der Waals surface area contributed by atoms with E-state index in [0.717, 1.165) is 33.4 Å². The van der Waals surface area contributed by atoms with E-state index in [0.29, 0.717) is 33.1 Å². The zero-order chi connectivity index (χ0) is 28.8. The molecule has 0 heterocycles. The van der Waals surface area contributed by atoms with Crippen LogP contribution in [-0.4, -0.2) is 13.7 Å². The van der Waals surface area contributed by atoms with E-state index in [1.54, 1.807) is 0 Å². The average Bonchev–Trinajstić information content (AvgIpc) is 2.77. The Kier molecular flexibility index (Phi) is 7.80. The van der Waals surface area contributed by atoms with Gasteiger partial charge in [-0.05, 0) is 0 Å². The summed E-state index contributed by atoms with van der Waals surface area (Å²) in [4.78, 5) is 0. The average molecular weight is 603 g/mol. The summed E-state index contributed by atoms with van der Waals surface area (Å²) in [6.45, 7) is 11.0. The van der Waals surface area contributed by atoms with Crippen molar-refractivity contribution >= 4 is 33.9 Å². The molecule has 204 valence electrons. The van der Waals surface area contributed by atoms with E-state index >= 15 is 17.6 Å². The van der Waals surface area contributed by atoms with Gasteiger partial charge in [0.05, 0.1) is 0 Å². The van der Waals surface area contributed by atoms with Crippen molar-refractivity contribution in [1.82, 2.24) is 0 Å². The Morgan fingerprint density at radius 2 is 0.692 bits per heavy atom. The fourth-order valence-corrected chi connectivity index (χ4v) is 15.5. The summed E-state index contributed by atoms with van der Waals surface area (Å²) in [7, 11) is 0. The van der Waals surface area contributed by atoms with Crippen molar-refractivity contribution in [1.29, 1.82) is 0 Å². The Bertz CT molecular complexity index is 1390. The van der Waals surface area contributed by atoms with Gasteiger partial charge in [0.1, 0.15) is 0 Å². The molecule has 2 nitrogen and oxygen atoms in total. The van der Waals surface area contributed by atoms with Crippen molar-refractivity contribution in [3.8, 4) is 0 Å². The van der Waals surface area contributed by atoms with Crippen molar-refractivity contribution in [3.05, 3.63) is 117 Å². The molecule has 2 N–H and O–H groups in total. The summed E-state index contributed by atoms with van der Waals surface area (Å²) in [5, 5.41) is 0. The first-order valence-corrected chi connectivity index (χ1v) is 16.4. The third-order valence-corrected chi connectivity index (χ3v) is 15.8. The monoisotopic (exact) mass is 604 g/mol. The SMILES string of the molecule is Cc1cc(C)[c]([Ge]([NH]c2c(F)cc(F)cc2F)([NH]c2c(F)cc(F)cc2F)[c]2c(C)cc(C)cc2C)c(C)c1. The van der Waals surface area contributed by atoms with Crippen LogP contribution in [-0.2, 0) is 0 Å². The van der Waals surface area contributed by atoms with Crippen LogP contribution in [0.5, 0.6) is 0 Å². The van der Waals surface area contributed by atoms with E-state index in [9.17, 15) is 8.78 Å². The molecule has 4 aromatic rings. The van der Waals surface area contributed by atoms with E-state index in [1.807, 2.05) is 65.8 Å². The molecule has 0 aliphatic heterocycles. The predicted molar refractivity (Wildman–Crippen MR) is 146 cm³/mol. The van der Waals surface area contributed by atoms with Gasteiger partial charge in [-0.25, -0.2) is 0 Å². The summed E-state index contributed by atoms with van der Waals surface area (Å²) in [5.74, 6) is -7.02. The van der Waals surface area contributed by atoms with Crippen LogP contribution in [0.1, 0.15) is 33.4 Å². The number of hydrogen-bond acceptors (Lipinski definition) is 2. The van der Waals surface area contributed by atoms with Crippen LogP contribution in [0, 0.1) is 76.4 Å². The molecule has 0 atom stereocenters. The molecule has 0 saturated carbocycles. The van der Waals surface area contributed by atoms with Gasteiger partial charge < -0.3 is 0 Å². The molecule has 0 saturated heterocycles. The molecule has 0 unspecified atom stereocenters. The first-order chi connectivity index (χ1) is 18.2. The number of aryl methyl sites for hydroxylation is 6. The van der Waals surface area contributed by atoms with Crippen LogP contribution < -0.4 is 17.3 Å². The Labute approximate surface area is 226 Å². The van der Waals surface area contributed by atoms with Gasteiger partial charge in [-0.1, -0.05) is 0 Å². The van der Waals surface area contributed by atoms with E-state index in [4.69, 9.17) is 0 Å². The standard InChI is InChI=1S/C30H28F6GeN2/c1-15-7-17(3)27(18(4)8-15)37(28-19(5)9-16(2)10-20(28)6,38-29-23(33)11-21(31)12-24(29)34)39-30-25(35)13-22(32)14-26(30)36/h7-14,38-39H,1-6H3. The molecule has 0 aromatic heterocycles. The molecule has 9 heteroatoms. The third kappa shape index (κ3) is 5.39. The molecule has 0 radical (unpaired) electrons. The summed E-state index contributed by atoms with van der Waals surface area (Å²) in [5.41, 5.74) is 3.45. The molecule has 4 rings (SSSR count). The van der Waals surface area contributed by atoms with Gasteiger partial charge in [0.25, 0.3) is 0 Å². The van der Waals surface area contributed by atoms with E-state index in [-0.39, 0.29) is 0 Å². The zero-order valence-electron chi connectivity index (χ0n) is 22.4. The van der Waals surface area contributed by atoms with Gasteiger partial charge in [-0.15, -0.1) is 0 Å². The number of benzene rings is 4. The fourth-order valence-electron chi connectivity index (χ4n) is 5.65. The second-order valence-electron chi connectivity index (χ2n) is 10.0. The number of anilines is 2. The first-order valence-electron chi connectivity index (χ1n) is 12.3. The van der Waals surface area contributed by atoms with Gasteiger partial charge in [-0.3, -0.25) is 0 Å². The van der Waals surface area contributed by atoms with Crippen molar-refractivity contribution in [3.63, 3.8) is 0 Å². The van der Waals surface area contributed by atoms with Crippen LogP contribution in [0.4, 0.5) is 37.7 Å². The molecule has 0 bridgehead atoms. The first kappa shape index (κ1) is 28.6. The minimum atomic E-state index is -4.89. The molecule has 0 spiro atoms. The molecule has 0 fully saturated rings. The van der Waals surface area contributed by atoms with Gasteiger partial charge >= 0.3 is 227 Å². The Hall–Kier alpha value is -3.40. The molecular weight excluding hydrogens is 575 g/mol. The molecule has 0 amide bonds. The molecule has 0 aliphatic rings. The van der Waals surface area contributed by atoms with Crippen LogP contribution in [0.3, 0.4) is 0 Å². The third-order valence-electron chi connectivity index (χ3n) is 6.74. The summed E-state index contributed by atoms with van der Waals surface area (Å²) >= 11 is -4.89. The Morgan fingerprint density at radius 3 is 0.949 bits per heavy atom. The van der Waals surface area contributed by atoms with Crippen LogP contribution in [0.25, 0.3) is 0 Å². The fraction of sp³-hybridized carbons (Fsp3) is 0.200. The van der Waals surface area contributed by atoms with Gasteiger partial charge in [0.15, 0.2) is 0 Å². The summed E-state index contributed by atoms with van der Waals surface area (Å²) < 4.78 is 95.9. The molecule has 4 aromatic carbocycles. The van der Waals surface area contributed by atoms with Crippen molar-refractivity contribution < 1.29 is 26.3 Å². The Balaban J connectivity index is 2.20.